The summed E-state index contributed by atoms with van der Waals surface area (Å²) in [6.07, 6.45) is 2.28. The standard InChI is InChI=1S/C17H24N6O2S/c1-13-3-6-16(11-14(13)2)26(24,25)22-9-7-21(8-10-22)12-17-18-19-20-23(17)15-4-5-15/h3,6,11,15H,4-5,7-10,12H2,1-2H3. The molecule has 2 heterocycles. The van der Waals surface area contributed by atoms with Gasteiger partial charge in [-0.05, 0) is 60.4 Å². The van der Waals surface area contributed by atoms with Crippen molar-refractivity contribution >= 4 is 10.0 Å². The van der Waals surface area contributed by atoms with Crippen LogP contribution in [0.5, 0.6) is 0 Å². The number of aryl methyl sites for hydroxylation is 2. The van der Waals surface area contributed by atoms with Crippen LogP contribution in [0.2, 0.25) is 0 Å². The number of benzene rings is 1. The van der Waals surface area contributed by atoms with E-state index in [1.165, 1.54) is 0 Å². The molecule has 0 radical (unpaired) electrons. The first-order valence-electron chi connectivity index (χ1n) is 9.01. The monoisotopic (exact) mass is 376 g/mol. The van der Waals surface area contributed by atoms with Gasteiger partial charge in [-0.15, -0.1) is 5.10 Å². The Kier molecular flexibility index (Phi) is 4.54. The molecule has 0 N–H and O–H groups in total. The summed E-state index contributed by atoms with van der Waals surface area (Å²) in [5.74, 6) is 0.873. The van der Waals surface area contributed by atoms with Gasteiger partial charge in [0.05, 0.1) is 17.5 Å². The maximum absolute atomic E-state index is 12.9. The molecule has 1 aromatic heterocycles. The van der Waals surface area contributed by atoms with Gasteiger partial charge in [-0.1, -0.05) is 6.07 Å². The topological polar surface area (TPSA) is 84.2 Å². The molecule has 1 saturated heterocycles. The van der Waals surface area contributed by atoms with Crippen LogP contribution in [0, 0.1) is 13.8 Å². The Morgan fingerprint density at radius 1 is 1.08 bits per heavy atom. The van der Waals surface area contributed by atoms with Gasteiger partial charge in [-0.3, -0.25) is 4.90 Å². The van der Waals surface area contributed by atoms with Crippen LogP contribution in [0.3, 0.4) is 0 Å². The minimum atomic E-state index is -3.44. The number of tetrazole rings is 1. The number of aromatic nitrogens is 4. The minimum absolute atomic E-state index is 0.381. The number of hydrogen-bond acceptors (Lipinski definition) is 6. The molecule has 0 atom stereocenters. The van der Waals surface area contributed by atoms with E-state index >= 15 is 0 Å². The van der Waals surface area contributed by atoms with Gasteiger partial charge in [0.15, 0.2) is 5.82 Å². The van der Waals surface area contributed by atoms with Gasteiger partial charge in [0, 0.05) is 26.2 Å². The molecule has 8 nitrogen and oxygen atoms in total. The minimum Gasteiger partial charge on any atom is -0.293 e. The van der Waals surface area contributed by atoms with Crippen molar-refractivity contribution in [2.45, 2.75) is 44.2 Å². The molecule has 1 aliphatic carbocycles. The molecule has 2 aliphatic rings. The van der Waals surface area contributed by atoms with E-state index < -0.39 is 10.0 Å². The van der Waals surface area contributed by atoms with Crippen LogP contribution in [0.15, 0.2) is 23.1 Å². The quantitative estimate of drug-likeness (QED) is 0.778. The lowest BCUT2D eigenvalue weighted by Crippen LogP contribution is -2.48. The zero-order valence-corrected chi connectivity index (χ0v) is 16.0. The van der Waals surface area contributed by atoms with Crippen molar-refractivity contribution in [3.8, 4) is 0 Å². The fourth-order valence-corrected chi connectivity index (χ4v) is 4.78. The number of hydrogen-bond donors (Lipinski definition) is 0. The molecule has 1 saturated carbocycles. The highest BCUT2D eigenvalue weighted by molar-refractivity contribution is 7.89. The summed E-state index contributed by atoms with van der Waals surface area (Å²) >= 11 is 0. The highest BCUT2D eigenvalue weighted by atomic mass is 32.2. The van der Waals surface area contributed by atoms with Crippen LogP contribution in [0.4, 0.5) is 0 Å². The van der Waals surface area contributed by atoms with Gasteiger partial charge in [0.2, 0.25) is 10.0 Å². The van der Waals surface area contributed by atoms with Crippen LogP contribution < -0.4 is 0 Å². The molecule has 1 aliphatic heterocycles. The van der Waals surface area contributed by atoms with E-state index in [0.717, 1.165) is 29.8 Å². The molecule has 2 aromatic rings. The third kappa shape index (κ3) is 3.38. The fourth-order valence-electron chi connectivity index (χ4n) is 3.27. The van der Waals surface area contributed by atoms with Gasteiger partial charge < -0.3 is 0 Å². The van der Waals surface area contributed by atoms with E-state index in [-0.39, 0.29) is 0 Å². The molecule has 140 valence electrons. The Morgan fingerprint density at radius 3 is 2.46 bits per heavy atom. The Hall–Kier alpha value is -1.84. The summed E-state index contributed by atoms with van der Waals surface area (Å²) in [6.45, 7) is 6.93. The third-order valence-electron chi connectivity index (χ3n) is 5.27. The zero-order chi connectivity index (χ0) is 18.3. The number of piperazine rings is 1. The maximum Gasteiger partial charge on any atom is 0.243 e. The van der Waals surface area contributed by atoms with Crippen molar-refractivity contribution in [2.24, 2.45) is 0 Å². The van der Waals surface area contributed by atoms with Crippen molar-refractivity contribution in [1.82, 2.24) is 29.4 Å². The van der Waals surface area contributed by atoms with Crippen molar-refractivity contribution < 1.29 is 8.42 Å². The van der Waals surface area contributed by atoms with E-state index in [2.05, 4.69) is 20.4 Å². The third-order valence-corrected chi connectivity index (χ3v) is 7.16. The molecule has 2 fully saturated rings. The first-order chi connectivity index (χ1) is 12.4. The smallest absolute Gasteiger partial charge is 0.243 e. The molecule has 4 rings (SSSR count). The molecule has 1 aromatic carbocycles. The van der Waals surface area contributed by atoms with Crippen LogP contribution in [0.25, 0.3) is 0 Å². The Morgan fingerprint density at radius 2 is 1.81 bits per heavy atom. The normalized spacial score (nSPS) is 19.8. The van der Waals surface area contributed by atoms with Crippen molar-refractivity contribution in [3.05, 3.63) is 35.2 Å². The first-order valence-corrected chi connectivity index (χ1v) is 10.5. The van der Waals surface area contributed by atoms with Crippen LogP contribution in [0.1, 0.15) is 35.8 Å². The number of nitrogens with zero attached hydrogens (tertiary/aromatic N) is 6. The lowest BCUT2D eigenvalue weighted by Gasteiger charge is -2.33. The summed E-state index contributed by atoms with van der Waals surface area (Å²) in [5.41, 5.74) is 2.10. The average Bonchev–Trinajstić information content (AvgIpc) is 3.37. The second kappa shape index (κ2) is 6.71. The van der Waals surface area contributed by atoms with E-state index in [1.807, 2.05) is 24.6 Å². The molecule has 0 amide bonds. The molecule has 26 heavy (non-hydrogen) atoms. The van der Waals surface area contributed by atoms with Gasteiger partial charge in [-0.25, -0.2) is 13.1 Å². The fraction of sp³-hybridized carbons (Fsp3) is 0.588. The highest BCUT2D eigenvalue weighted by Crippen LogP contribution is 2.34. The summed E-state index contributed by atoms with van der Waals surface area (Å²) in [6, 6.07) is 5.79. The lowest BCUT2D eigenvalue weighted by molar-refractivity contribution is 0.175. The molecule has 0 unspecified atom stereocenters. The molecule has 0 spiro atoms. The first kappa shape index (κ1) is 17.6. The van der Waals surface area contributed by atoms with Crippen LogP contribution in [-0.2, 0) is 16.6 Å². The maximum atomic E-state index is 12.9. The second-order valence-corrected chi connectivity index (χ2v) is 9.14. The second-order valence-electron chi connectivity index (χ2n) is 7.20. The molecular formula is C17H24N6O2S. The van der Waals surface area contributed by atoms with E-state index in [0.29, 0.717) is 43.7 Å². The number of sulfonamides is 1. The summed E-state index contributed by atoms with van der Waals surface area (Å²) < 4.78 is 29.3. The van der Waals surface area contributed by atoms with Crippen molar-refractivity contribution in [1.29, 1.82) is 0 Å². The average molecular weight is 376 g/mol. The van der Waals surface area contributed by atoms with Gasteiger partial charge in [-0.2, -0.15) is 4.31 Å². The molecular weight excluding hydrogens is 352 g/mol. The molecule has 0 bridgehead atoms. The zero-order valence-electron chi connectivity index (χ0n) is 15.2. The van der Waals surface area contributed by atoms with Gasteiger partial charge in [0.1, 0.15) is 0 Å². The predicted molar refractivity (Wildman–Crippen MR) is 96.0 cm³/mol. The highest BCUT2D eigenvalue weighted by Gasteiger charge is 2.31. The van der Waals surface area contributed by atoms with Crippen molar-refractivity contribution in [3.63, 3.8) is 0 Å². The van der Waals surface area contributed by atoms with Crippen molar-refractivity contribution in [2.75, 3.05) is 26.2 Å². The Labute approximate surface area is 153 Å². The Bertz CT molecular complexity index is 898. The van der Waals surface area contributed by atoms with Crippen LogP contribution >= 0.6 is 0 Å². The van der Waals surface area contributed by atoms with Crippen LogP contribution in [-0.4, -0.2) is 64.0 Å². The largest absolute Gasteiger partial charge is 0.293 e. The summed E-state index contributed by atoms with van der Waals surface area (Å²) in [7, 11) is -3.44. The van der Waals surface area contributed by atoms with E-state index in [9.17, 15) is 8.42 Å². The van der Waals surface area contributed by atoms with Gasteiger partial charge >= 0.3 is 0 Å². The predicted octanol–water partition coefficient (Wildman–Crippen LogP) is 1.13. The lowest BCUT2D eigenvalue weighted by atomic mass is 10.1. The SMILES string of the molecule is Cc1ccc(S(=O)(=O)N2CCN(Cc3nnnn3C3CC3)CC2)cc1C. The molecule has 9 heteroatoms. The Balaban J connectivity index is 1.41. The van der Waals surface area contributed by atoms with Gasteiger partial charge in [0.25, 0.3) is 0 Å². The number of rotatable bonds is 5. The summed E-state index contributed by atoms with van der Waals surface area (Å²) in [4.78, 5) is 2.60. The van der Waals surface area contributed by atoms with E-state index in [4.69, 9.17) is 0 Å². The summed E-state index contributed by atoms with van der Waals surface area (Å²) in [5, 5.41) is 12.0. The van der Waals surface area contributed by atoms with E-state index in [1.54, 1.807) is 16.4 Å².